The Bertz CT molecular complexity index is 482. The number of carbonyl (C=O) groups excluding carboxylic acids is 1. The van der Waals surface area contributed by atoms with Crippen LogP contribution in [0.25, 0.3) is 0 Å². The van der Waals surface area contributed by atoms with Crippen LogP contribution < -0.4 is 10.1 Å². The topological polar surface area (TPSA) is 84.9 Å². The lowest BCUT2D eigenvalue weighted by molar-refractivity contribution is -0.152. The number of amides is 1. The molecule has 0 unspecified atom stereocenters. The average molecular weight is 293 g/mol. The van der Waals surface area contributed by atoms with Crippen LogP contribution in [0.2, 0.25) is 0 Å². The summed E-state index contributed by atoms with van der Waals surface area (Å²) in [5.74, 6) is -0.650. The van der Waals surface area contributed by atoms with E-state index in [4.69, 9.17) is 9.47 Å². The fourth-order valence-electron chi connectivity index (χ4n) is 2.22. The van der Waals surface area contributed by atoms with E-state index in [0.29, 0.717) is 19.0 Å². The van der Waals surface area contributed by atoms with Gasteiger partial charge in [0.05, 0.1) is 13.0 Å². The Kier molecular flexibility index (Phi) is 5.16. The van der Waals surface area contributed by atoms with Gasteiger partial charge < -0.3 is 19.9 Å². The maximum Gasteiger partial charge on any atom is 0.329 e. The van der Waals surface area contributed by atoms with Crippen molar-refractivity contribution in [2.75, 3.05) is 19.8 Å². The van der Waals surface area contributed by atoms with Crippen molar-refractivity contribution in [3.05, 3.63) is 30.3 Å². The number of carbonyl (C=O) groups is 2. The molecule has 1 fully saturated rings. The molecule has 1 heterocycles. The fourth-order valence-corrected chi connectivity index (χ4v) is 2.22. The van der Waals surface area contributed by atoms with Crippen molar-refractivity contribution in [3.63, 3.8) is 0 Å². The standard InChI is InChI=1S/C15H19NO5/c17-13(6-9-21-12-4-2-1-3-5-12)16-15(14(18)19)7-10-20-11-8-15/h1-5H,6-11H2,(H,16,17)(H,18,19). The Balaban J connectivity index is 1.81. The molecule has 6 nitrogen and oxygen atoms in total. The first-order valence-corrected chi connectivity index (χ1v) is 6.92. The number of nitrogens with one attached hydrogen (secondary N) is 1. The molecule has 0 saturated carbocycles. The first-order chi connectivity index (χ1) is 10.1. The summed E-state index contributed by atoms with van der Waals surface area (Å²) in [6.07, 6.45) is 0.687. The highest BCUT2D eigenvalue weighted by Gasteiger charge is 2.41. The molecule has 6 heteroatoms. The number of aliphatic carboxylic acids is 1. The molecule has 1 aliphatic rings. The van der Waals surface area contributed by atoms with Crippen molar-refractivity contribution in [1.82, 2.24) is 5.32 Å². The quantitative estimate of drug-likeness (QED) is 0.823. The van der Waals surface area contributed by atoms with E-state index in [9.17, 15) is 14.7 Å². The number of hydrogen-bond acceptors (Lipinski definition) is 4. The molecule has 0 aromatic heterocycles. The van der Waals surface area contributed by atoms with Crippen molar-refractivity contribution in [2.24, 2.45) is 0 Å². The molecule has 1 amide bonds. The highest BCUT2D eigenvalue weighted by Crippen LogP contribution is 2.21. The van der Waals surface area contributed by atoms with Gasteiger partial charge in [0.15, 0.2) is 0 Å². The Morgan fingerprint density at radius 1 is 1.24 bits per heavy atom. The van der Waals surface area contributed by atoms with Crippen molar-refractivity contribution in [2.45, 2.75) is 24.8 Å². The molecule has 0 spiro atoms. The number of ether oxygens (including phenoxy) is 2. The number of para-hydroxylation sites is 1. The first-order valence-electron chi connectivity index (χ1n) is 6.92. The molecule has 1 aliphatic heterocycles. The Morgan fingerprint density at radius 3 is 2.52 bits per heavy atom. The SMILES string of the molecule is O=C(CCOc1ccccc1)NC1(C(=O)O)CCOCC1. The summed E-state index contributed by atoms with van der Waals surface area (Å²) in [5, 5.41) is 12.0. The van der Waals surface area contributed by atoms with Gasteiger partial charge in [0, 0.05) is 26.1 Å². The summed E-state index contributed by atoms with van der Waals surface area (Å²) in [6.45, 7) is 0.891. The van der Waals surface area contributed by atoms with Gasteiger partial charge in [-0.3, -0.25) is 4.79 Å². The Labute approximate surface area is 123 Å². The third kappa shape index (κ3) is 4.19. The lowest BCUT2D eigenvalue weighted by Crippen LogP contribution is -2.57. The first kappa shape index (κ1) is 15.3. The van der Waals surface area contributed by atoms with Gasteiger partial charge in [-0.05, 0) is 12.1 Å². The third-order valence-corrected chi connectivity index (χ3v) is 3.48. The molecule has 1 saturated heterocycles. The van der Waals surface area contributed by atoms with Crippen LogP contribution in [0.4, 0.5) is 0 Å². The smallest absolute Gasteiger partial charge is 0.329 e. The summed E-state index contributed by atoms with van der Waals surface area (Å²) in [7, 11) is 0. The van der Waals surface area contributed by atoms with E-state index in [0.717, 1.165) is 0 Å². The van der Waals surface area contributed by atoms with E-state index in [2.05, 4.69) is 5.32 Å². The van der Waals surface area contributed by atoms with Crippen LogP contribution in [0.1, 0.15) is 19.3 Å². The molecular weight excluding hydrogens is 274 g/mol. The molecule has 1 aromatic rings. The van der Waals surface area contributed by atoms with Crippen molar-refractivity contribution < 1.29 is 24.2 Å². The normalized spacial score (nSPS) is 17.0. The van der Waals surface area contributed by atoms with Gasteiger partial charge in [0.25, 0.3) is 0 Å². The molecule has 21 heavy (non-hydrogen) atoms. The summed E-state index contributed by atoms with van der Waals surface area (Å²) in [4.78, 5) is 23.3. The highest BCUT2D eigenvalue weighted by molar-refractivity contribution is 5.87. The van der Waals surface area contributed by atoms with Crippen LogP contribution in [0.5, 0.6) is 5.75 Å². The molecule has 0 bridgehead atoms. The summed E-state index contributed by atoms with van der Waals surface area (Å²) < 4.78 is 10.6. The lowest BCUT2D eigenvalue weighted by Gasteiger charge is -2.33. The summed E-state index contributed by atoms with van der Waals surface area (Å²) in [5.41, 5.74) is -1.21. The second-order valence-electron chi connectivity index (χ2n) is 4.96. The molecule has 2 rings (SSSR count). The number of carboxylic acids is 1. The largest absolute Gasteiger partial charge is 0.493 e. The average Bonchev–Trinajstić information content (AvgIpc) is 2.49. The van der Waals surface area contributed by atoms with Crippen LogP contribution in [0.15, 0.2) is 30.3 Å². The van der Waals surface area contributed by atoms with Crippen molar-refractivity contribution in [3.8, 4) is 5.75 Å². The zero-order valence-electron chi connectivity index (χ0n) is 11.7. The van der Waals surface area contributed by atoms with Crippen LogP contribution in [-0.2, 0) is 14.3 Å². The van der Waals surface area contributed by atoms with Crippen LogP contribution in [0, 0.1) is 0 Å². The zero-order chi connectivity index (χ0) is 15.1. The molecular formula is C15H19NO5. The van der Waals surface area contributed by atoms with Gasteiger partial charge in [-0.25, -0.2) is 4.79 Å². The summed E-state index contributed by atoms with van der Waals surface area (Å²) >= 11 is 0. The van der Waals surface area contributed by atoms with Gasteiger partial charge in [-0.2, -0.15) is 0 Å². The van der Waals surface area contributed by atoms with E-state index in [1.54, 1.807) is 12.1 Å². The van der Waals surface area contributed by atoms with Crippen LogP contribution in [-0.4, -0.2) is 42.3 Å². The third-order valence-electron chi connectivity index (χ3n) is 3.48. The van der Waals surface area contributed by atoms with E-state index in [1.807, 2.05) is 18.2 Å². The van der Waals surface area contributed by atoms with Gasteiger partial charge in [-0.15, -0.1) is 0 Å². The lowest BCUT2D eigenvalue weighted by atomic mass is 9.90. The highest BCUT2D eigenvalue weighted by atomic mass is 16.5. The number of rotatable bonds is 6. The number of carboxylic acid groups (broad SMARTS) is 1. The minimum atomic E-state index is -1.21. The predicted octanol–water partition coefficient (Wildman–Crippen LogP) is 1.21. The fraction of sp³-hybridized carbons (Fsp3) is 0.467. The van der Waals surface area contributed by atoms with Gasteiger partial charge in [0.2, 0.25) is 5.91 Å². The van der Waals surface area contributed by atoms with E-state index < -0.39 is 11.5 Å². The molecule has 114 valence electrons. The monoisotopic (exact) mass is 293 g/mol. The molecule has 2 N–H and O–H groups in total. The molecule has 0 atom stereocenters. The van der Waals surface area contributed by atoms with Gasteiger partial charge >= 0.3 is 5.97 Å². The van der Waals surface area contributed by atoms with Gasteiger partial charge in [-0.1, -0.05) is 18.2 Å². The molecule has 1 aromatic carbocycles. The van der Waals surface area contributed by atoms with Gasteiger partial charge in [0.1, 0.15) is 11.3 Å². The second kappa shape index (κ2) is 7.08. The van der Waals surface area contributed by atoms with Crippen LogP contribution >= 0.6 is 0 Å². The maximum absolute atomic E-state index is 11.9. The Morgan fingerprint density at radius 2 is 1.90 bits per heavy atom. The second-order valence-corrected chi connectivity index (χ2v) is 4.96. The van der Waals surface area contributed by atoms with Crippen molar-refractivity contribution >= 4 is 11.9 Å². The zero-order valence-corrected chi connectivity index (χ0v) is 11.7. The van der Waals surface area contributed by atoms with E-state index >= 15 is 0 Å². The minimum Gasteiger partial charge on any atom is -0.493 e. The minimum absolute atomic E-state index is 0.116. The number of hydrogen-bond donors (Lipinski definition) is 2. The number of benzene rings is 1. The summed E-state index contributed by atoms with van der Waals surface area (Å²) in [6, 6.07) is 9.17. The molecule has 0 radical (unpaired) electrons. The van der Waals surface area contributed by atoms with Crippen molar-refractivity contribution in [1.29, 1.82) is 0 Å². The Hall–Kier alpha value is -2.08. The predicted molar refractivity (Wildman–Crippen MR) is 75.1 cm³/mol. The van der Waals surface area contributed by atoms with Crippen LogP contribution in [0.3, 0.4) is 0 Å². The maximum atomic E-state index is 11.9. The van der Waals surface area contributed by atoms with E-state index in [-0.39, 0.29) is 31.8 Å². The van der Waals surface area contributed by atoms with E-state index in [1.165, 1.54) is 0 Å². The molecule has 0 aliphatic carbocycles.